The van der Waals surface area contributed by atoms with Crippen LogP contribution in [0.25, 0.3) is 11.3 Å². The smallest absolute Gasteiger partial charge is 0.247 e. The molecule has 2 heterocycles. The lowest BCUT2D eigenvalue weighted by Gasteiger charge is -2.30. The van der Waals surface area contributed by atoms with E-state index in [9.17, 15) is 4.79 Å². The van der Waals surface area contributed by atoms with Gasteiger partial charge >= 0.3 is 0 Å². The number of anilines is 1. The van der Waals surface area contributed by atoms with Gasteiger partial charge in [-0.15, -0.1) is 10.2 Å². The SMILES string of the molecule is CCCCCSc1nnc2c(n1)O[C@H](c1ccc(OCCC)cc1)N(C(C)=O)c1ccccc1-2. The van der Waals surface area contributed by atoms with Crippen LogP contribution in [0.4, 0.5) is 5.69 Å². The Hall–Kier alpha value is -3.13. The van der Waals surface area contributed by atoms with Crippen molar-refractivity contribution in [1.29, 1.82) is 0 Å². The Morgan fingerprint density at radius 2 is 1.85 bits per heavy atom. The first-order valence-corrected chi connectivity index (χ1v) is 12.8. The summed E-state index contributed by atoms with van der Waals surface area (Å²) in [5, 5.41) is 9.39. The second-order valence-corrected chi connectivity index (χ2v) is 9.16. The van der Waals surface area contributed by atoms with E-state index in [2.05, 4.69) is 24.0 Å². The monoisotopic (exact) mass is 478 g/mol. The molecule has 3 aromatic rings. The van der Waals surface area contributed by atoms with E-state index in [-0.39, 0.29) is 5.91 Å². The quantitative estimate of drug-likeness (QED) is 0.273. The van der Waals surface area contributed by atoms with Gasteiger partial charge in [0.2, 0.25) is 23.2 Å². The molecule has 0 radical (unpaired) electrons. The van der Waals surface area contributed by atoms with Crippen LogP contribution in [-0.2, 0) is 4.79 Å². The third-order valence-electron chi connectivity index (χ3n) is 5.47. The molecule has 1 atom stereocenters. The number of carbonyl (C=O) groups excluding carboxylic acids is 1. The van der Waals surface area contributed by atoms with Crippen LogP contribution in [0.1, 0.15) is 58.2 Å². The van der Waals surface area contributed by atoms with Gasteiger partial charge in [-0.3, -0.25) is 9.69 Å². The van der Waals surface area contributed by atoms with Crippen molar-refractivity contribution in [3.05, 3.63) is 54.1 Å². The summed E-state index contributed by atoms with van der Waals surface area (Å²) in [5.41, 5.74) is 2.83. The van der Waals surface area contributed by atoms with Gasteiger partial charge in [0.05, 0.1) is 12.3 Å². The van der Waals surface area contributed by atoms with Crippen molar-refractivity contribution in [2.75, 3.05) is 17.3 Å². The number of hydrogen-bond acceptors (Lipinski definition) is 7. The van der Waals surface area contributed by atoms with Gasteiger partial charge in [0.25, 0.3) is 0 Å². The molecule has 7 nitrogen and oxygen atoms in total. The lowest BCUT2D eigenvalue weighted by atomic mass is 10.1. The highest BCUT2D eigenvalue weighted by molar-refractivity contribution is 7.99. The topological polar surface area (TPSA) is 77.4 Å². The minimum atomic E-state index is -0.699. The Bertz CT molecular complexity index is 1120. The number of thioether (sulfide) groups is 1. The average molecular weight is 479 g/mol. The van der Waals surface area contributed by atoms with E-state index >= 15 is 0 Å². The van der Waals surface area contributed by atoms with E-state index in [4.69, 9.17) is 14.5 Å². The second kappa shape index (κ2) is 11.3. The summed E-state index contributed by atoms with van der Waals surface area (Å²) in [4.78, 5) is 19.2. The van der Waals surface area contributed by atoms with Crippen molar-refractivity contribution >= 4 is 23.4 Å². The maximum atomic E-state index is 12.9. The highest BCUT2D eigenvalue weighted by Gasteiger charge is 2.34. The molecule has 2 aromatic carbocycles. The molecule has 178 valence electrons. The fourth-order valence-electron chi connectivity index (χ4n) is 3.79. The predicted octanol–water partition coefficient (Wildman–Crippen LogP) is 6.05. The van der Waals surface area contributed by atoms with Gasteiger partial charge in [0, 0.05) is 23.8 Å². The summed E-state index contributed by atoms with van der Waals surface area (Å²) in [7, 11) is 0. The number of ether oxygens (including phenoxy) is 2. The summed E-state index contributed by atoms with van der Waals surface area (Å²) in [5.74, 6) is 1.94. The molecule has 1 aliphatic heterocycles. The highest BCUT2D eigenvalue weighted by atomic mass is 32.2. The summed E-state index contributed by atoms with van der Waals surface area (Å²) in [6.07, 6.45) is 3.66. The number of carbonyl (C=O) groups is 1. The van der Waals surface area contributed by atoms with Crippen LogP contribution < -0.4 is 14.4 Å². The first-order chi connectivity index (χ1) is 16.6. The summed E-state index contributed by atoms with van der Waals surface area (Å²) in [6.45, 7) is 6.44. The largest absolute Gasteiger partial charge is 0.494 e. The second-order valence-electron chi connectivity index (χ2n) is 8.10. The molecule has 0 N–H and O–H groups in total. The maximum absolute atomic E-state index is 12.9. The summed E-state index contributed by atoms with van der Waals surface area (Å²) in [6, 6.07) is 15.3. The number of para-hydroxylation sites is 1. The fraction of sp³-hybridized carbons (Fsp3) is 0.385. The molecule has 8 heteroatoms. The van der Waals surface area contributed by atoms with Gasteiger partial charge < -0.3 is 9.47 Å². The van der Waals surface area contributed by atoms with Crippen LogP contribution in [0.3, 0.4) is 0 Å². The Balaban J connectivity index is 1.73. The number of rotatable bonds is 9. The summed E-state index contributed by atoms with van der Waals surface area (Å²) < 4.78 is 12.2. The van der Waals surface area contributed by atoms with E-state index in [1.54, 1.807) is 16.7 Å². The fourth-order valence-corrected chi connectivity index (χ4v) is 4.57. The number of nitrogens with zero attached hydrogens (tertiary/aromatic N) is 4. The average Bonchev–Trinajstić information content (AvgIpc) is 3.00. The molecule has 0 spiro atoms. The van der Waals surface area contributed by atoms with Crippen molar-refractivity contribution in [3.63, 3.8) is 0 Å². The van der Waals surface area contributed by atoms with Gasteiger partial charge in [-0.2, -0.15) is 4.98 Å². The lowest BCUT2D eigenvalue weighted by molar-refractivity contribution is -0.118. The van der Waals surface area contributed by atoms with Crippen molar-refractivity contribution in [2.45, 2.75) is 57.8 Å². The third kappa shape index (κ3) is 5.33. The van der Waals surface area contributed by atoms with E-state index in [1.165, 1.54) is 13.3 Å². The Kier molecular flexibility index (Phi) is 8.00. The van der Waals surface area contributed by atoms with Gasteiger partial charge in [-0.05, 0) is 43.2 Å². The van der Waals surface area contributed by atoms with Crippen molar-refractivity contribution in [1.82, 2.24) is 15.2 Å². The molecule has 0 aliphatic carbocycles. The molecule has 0 bridgehead atoms. The van der Waals surface area contributed by atoms with E-state index in [0.29, 0.717) is 29.0 Å². The van der Waals surface area contributed by atoms with Crippen LogP contribution >= 0.6 is 11.8 Å². The number of unbranched alkanes of at least 4 members (excludes halogenated alkanes) is 2. The van der Waals surface area contributed by atoms with E-state index in [0.717, 1.165) is 41.9 Å². The minimum absolute atomic E-state index is 0.140. The van der Waals surface area contributed by atoms with Gasteiger partial charge in [-0.25, -0.2) is 0 Å². The van der Waals surface area contributed by atoms with Crippen LogP contribution in [-0.4, -0.2) is 33.4 Å². The molecule has 0 fully saturated rings. The summed E-state index contributed by atoms with van der Waals surface area (Å²) >= 11 is 1.57. The number of fused-ring (bicyclic) bond motifs is 3. The predicted molar refractivity (Wildman–Crippen MR) is 134 cm³/mol. The van der Waals surface area contributed by atoms with Crippen LogP contribution in [0, 0.1) is 0 Å². The van der Waals surface area contributed by atoms with E-state index in [1.807, 2.05) is 48.5 Å². The van der Waals surface area contributed by atoms with Crippen LogP contribution in [0.15, 0.2) is 53.7 Å². The van der Waals surface area contributed by atoms with Crippen molar-refractivity contribution < 1.29 is 14.3 Å². The minimum Gasteiger partial charge on any atom is -0.494 e. The molecule has 0 saturated carbocycles. The number of hydrogen-bond donors (Lipinski definition) is 0. The van der Waals surface area contributed by atoms with Crippen molar-refractivity contribution in [2.24, 2.45) is 0 Å². The first kappa shape index (κ1) is 24.0. The Labute approximate surface area is 204 Å². The molecule has 0 saturated heterocycles. The van der Waals surface area contributed by atoms with Gasteiger partial charge in [0.15, 0.2) is 5.69 Å². The van der Waals surface area contributed by atoms with E-state index < -0.39 is 6.23 Å². The third-order valence-corrected chi connectivity index (χ3v) is 6.39. The van der Waals surface area contributed by atoms with Crippen LogP contribution in [0.5, 0.6) is 11.6 Å². The molecule has 0 unspecified atom stereocenters. The normalized spacial score (nSPS) is 14.6. The standard InChI is InChI=1S/C26H30N4O3S/c1-4-6-9-17-34-26-27-24-23(28-29-26)21-10-7-8-11-22(21)30(18(3)31)25(33-24)19-12-14-20(15-13-19)32-16-5-2/h7-8,10-15,25H,4-6,9,16-17H2,1-3H3/t25-/m1/s1. The lowest BCUT2D eigenvalue weighted by Crippen LogP contribution is -2.36. The van der Waals surface area contributed by atoms with Gasteiger partial charge in [0.1, 0.15) is 5.75 Å². The molecule has 1 aromatic heterocycles. The number of amides is 1. The Morgan fingerprint density at radius 1 is 1.06 bits per heavy atom. The zero-order valence-corrected chi connectivity index (χ0v) is 20.7. The zero-order chi connectivity index (χ0) is 23.9. The number of aromatic nitrogens is 3. The molecular weight excluding hydrogens is 448 g/mol. The van der Waals surface area contributed by atoms with Gasteiger partial charge in [-0.1, -0.05) is 56.7 Å². The number of benzene rings is 2. The molecular formula is C26H30N4O3S. The Morgan fingerprint density at radius 3 is 2.59 bits per heavy atom. The van der Waals surface area contributed by atoms with Crippen molar-refractivity contribution in [3.8, 4) is 22.9 Å². The molecule has 1 amide bonds. The molecule has 4 rings (SSSR count). The first-order valence-electron chi connectivity index (χ1n) is 11.8. The highest BCUT2D eigenvalue weighted by Crippen LogP contribution is 2.43. The van der Waals surface area contributed by atoms with Crippen LogP contribution in [0.2, 0.25) is 0 Å². The molecule has 34 heavy (non-hydrogen) atoms. The zero-order valence-electron chi connectivity index (χ0n) is 19.9. The maximum Gasteiger partial charge on any atom is 0.247 e. The molecule has 1 aliphatic rings.